The number of ether oxygens (including phenoxy) is 1. The Morgan fingerprint density at radius 1 is 1.06 bits per heavy atom. The number of carbonyl (C=O) groups excluding carboxylic acids is 2. The fraction of sp³-hybridized carbons (Fsp3) is 0.440. The highest BCUT2D eigenvalue weighted by atomic mass is 32.2. The Hall–Kier alpha value is -2.47. The average molecular weight is 443 g/mol. The van der Waals surface area contributed by atoms with E-state index in [9.17, 15) is 9.59 Å². The molecule has 0 radical (unpaired) electrons. The fourth-order valence-electron chi connectivity index (χ4n) is 3.22. The number of amides is 2. The number of hydrogen-bond acceptors (Lipinski definition) is 4. The topological polar surface area (TPSA) is 58.6 Å². The summed E-state index contributed by atoms with van der Waals surface area (Å²) in [6.07, 6.45) is 0.921. The number of nitrogens with zero attached hydrogens (tertiary/aromatic N) is 1. The summed E-state index contributed by atoms with van der Waals surface area (Å²) in [6.45, 7) is 8.17. The van der Waals surface area contributed by atoms with Gasteiger partial charge in [0.15, 0.2) is 0 Å². The van der Waals surface area contributed by atoms with Gasteiger partial charge in [-0.15, -0.1) is 11.8 Å². The zero-order valence-electron chi connectivity index (χ0n) is 19.2. The van der Waals surface area contributed by atoms with Gasteiger partial charge in [-0.25, -0.2) is 0 Å². The van der Waals surface area contributed by atoms with Crippen LogP contribution >= 0.6 is 11.8 Å². The van der Waals surface area contributed by atoms with E-state index in [4.69, 9.17) is 4.74 Å². The first-order chi connectivity index (χ1) is 14.7. The third-order valence-corrected chi connectivity index (χ3v) is 5.74. The van der Waals surface area contributed by atoms with Crippen molar-refractivity contribution in [2.24, 2.45) is 0 Å². The Morgan fingerprint density at radius 2 is 1.71 bits per heavy atom. The van der Waals surface area contributed by atoms with Gasteiger partial charge in [-0.1, -0.05) is 37.3 Å². The Morgan fingerprint density at radius 3 is 2.26 bits per heavy atom. The van der Waals surface area contributed by atoms with Crippen molar-refractivity contribution in [3.63, 3.8) is 0 Å². The monoisotopic (exact) mass is 442 g/mol. The molecule has 0 saturated heterocycles. The first-order valence-corrected chi connectivity index (χ1v) is 11.6. The molecule has 1 atom stereocenters. The van der Waals surface area contributed by atoms with Crippen molar-refractivity contribution in [1.29, 1.82) is 0 Å². The summed E-state index contributed by atoms with van der Waals surface area (Å²) in [5.74, 6) is 1.29. The molecule has 0 aliphatic rings. The summed E-state index contributed by atoms with van der Waals surface area (Å²) < 4.78 is 5.23. The van der Waals surface area contributed by atoms with E-state index in [2.05, 4.69) is 5.32 Å². The first kappa shape index (κ1) is 24.8. The summed E-state index contributed by atoms with van der Waals surface area (Å²) in [4.78, 5) is 29.1. The van der Waals surface area contributed by atoms with Gasteiger partial charge >= 0.3 is 0 Å². The van der Waals surface area contributed by atoms with E-state index < -0.39 is 6.04 Å². The molecule has 2 aromatic rings. The van der Waals surface area contributed by atoms with Gasteiger partial charge in [0.2, 0.25) is 11.8 Å². The Bertz CT molecular complexity index is 832. The molecule has 0 fully saturated rings. The standard InChI is InChI=1S/C25H34N2O3S/c1-6-22(24(29)26-25(2,3)4)27(18-19-12-14-20(30-5)15-13-19)23(28)16-17-31-21-10-8-7-9-11-21/h7-15,22H,6,16-18H2,1-5H3,(H,26,29)/t22-/m1/s1. The van der Waals surface area contributed by atoms with E-state index in [1.54, 1.807) is 23.8 Å². The largest absolute Gasteiger partial charge is 0.497 e. The molecular formula is C25H34N2O3S. The predicted octanol–water partition coefficient (Wildman–Crippen LogP) is 4.90. The third kappa shape index (κ3) is 8.29. The van der Waals surface area contributed by atoms with E-state index in [0.717, 1.165) is 16.2 Å². The lowest BCUT2D eigenvalue weighted by Gasteiger charge is -2.33. The molecule has 31 heavy (non-hydrogen) atoms. The second-order valence-electron chi connectivity index (χ2n) is 8.44. The second kappa shape index (κ2) is 11.8. The van der Waals surface area contributed by atoms with Gasteiger partial charge < -0.3 is 15.0 Å². The van der Waals surface area contributed by atoms with Gasteiger partial charge in [0, 0.05) is 29.2 Å². The maximum Gasteiger partial charge on any atom is 0.243 e. The summed E-state index contributed by atoms with van der Waals surface area (Å²) in [6, 6.07) is 17.1. The molecule has 0 spiro atoms. The molecule has 0 bridgehead atoms. The highest BCUT2D eigenvalue weighted by Crippen LogP contribution is 2.21. The van der Waals surface area contributed by atoms with Crippen LogP contribution in [0.15, 0.2) is 59.5 Å². The molecule has 0 saturated carbocycles. The van der Waals surface area contributed by atoms with E-state index >= 15 is 0 Å². The number of methoxy groups -OCH3 is 1. The molecule has 2 rings (SSSR count). The van der Waals surface area contributed by atoms with E-state index in [-0.39, 0.29) is 17.4 Å². The van der Waals surface area contributed by atoms with E-state index in [0.29, 0.717) is 25.1 Å². The number of rotatable bonds is 10. The molecule has 2 amide bonds. The minimum absolute atomic E-state index is 0.0184. The lowest BCUT2D eigenvalue weighted by atomic mass is 10.1. The Kier molecular flexibility index (Phi) is 9.44. The predicted molar refractivity (Wildman–Crippen MR) is 127 cm³/mol. The molecule has 2 aromatic carbocycles. The van der Waals surface area contributed by atoms with Crippen LogP contribution in [0.1, 0.15) is 46.1 Å². The van der Waals surface area contributed by atoms with Crippen LogP contribution in [0.3, 0.4) is 0 Å². The number of nitrogens with one attached hydrogen (secondary N) is 1. The van der Waals surface area contributed by atoms with Gasteiger partial charge in [0.05, 0.1) is 7.11 Å². The summed E-state index contributed by atoms with van der Waals surface area (Å²) in [5, 5.41) is 3.03. The summed E-state index contributed by atoms with van der Waals surface area (Å²) in [5.41, 5.74) is 0.606. The highest BCUT2D eigenvalue weighted by Gasteiger charge is 2.30. The minimum atomic E-state index is -0.518. The molecule has 168 valence electrons. The second-order valence-corrected chi connectivity index (χ2v) is 9.61. The van der Waals surface area contributed by atoms with E-state index in [1.165, 1.54) is 0 Å². The van der Waals surface area contributed by atoms with Crippen LogP contribution in [-0.2, 0) is 16.1 Å². The van der Waals surface area contributed by atoms with Crippen molar-refractivity contribution in [3.05, 3.63) is 60.2 Å². The van der Waals surface area contributed by atoms with Crippen molar-refractivity contribution in [1.82, 2.24) is 10.2 Å². The number of carbonyl (C=O) groups is 2. The quantitative estimate of drug-likeness (QED) is 0.532. The third-order valence-electron chi connectivity index (χ3n) is 4.72. The van der Waals surface area contributed by atoms with Crippen LogP contribution in [0.2, 0.25) is 0 Å². The lowest BCUT2D eigenvalue weighted by Crippen LogP contribution is -2.53. The van der Waals surface area contributed by atoms with Crippen molar-refractivity contribution < 1.29 is 14.3 Å². The zero-order valence-corrected chi connectivity index (χ0v) is 20.0. The van der Waals surface area contributed by atoms with Crippen molar-refractivity contribution in [2.45, 2.75) is 63.6 Å². The zero-order chi connectivity index (χ0) is 22.9. The smallest absolute Gasteiger partial charge is 0.243 e. The summed E-state index contributed by atoms with van der Waals surface area (Å²) in [7, 11) is 1.62. The highest BCUT2D eigenvalue weighted by molar-refractivity contribution is 7.99. The fourth-order valence-corrected chi connectivity index (χ4v) is 4.08. The van der Waals surface area contributed by atoms with Crippen LogP contribution in [0.5, 0.6) is 5.75 Å². The molecule has 1 N–H and O–H groups in total. The van der Waals surface area contributed by atoms with Gasteiger partial charge in [-0.3, -0.25) is 9.59 Å². The van der Waals surface area contributed by atoms with Crippen molar-refractivity contribution in [3.8, 4) is 5.75 Å². The lowest BCUT2D eigenvalue weighted by molar-refractivity contribution is -0.141. The number of thioether (sulfide) groups is 1. The van der Waals surface area contributed by atoms with Gasteiger partial charge in [0.25, 0.3) is 0 Å². The van der Waals surface area contributed by atoms with Crippen LogP contribution in [-0.4, -0.2) is 41.2 Å². The molecule has 0 heterocycles. The summed E-state index contributed by atoms with van der Waals surface area (Å²) >= 11 is 1.65. The molecule has 5 nitrogen and oxygen atoms in total. The van der Waals surface area contributed by atoms with E-state index in [1.807, 2.05) is 82.3 Å². The van der Waals surface area contributed by atoms with Crippen molar-refractivity contribution >= 4 is 23.6 Å². The Balaban J connectivity index is 2.15. The van der Waals surface area contributed by atoms with Gasteiger partial charge in [-0.2, -0.15) is 0 Å². The molecule has 0 aliphatic carbocycles. The average Bonchev–Trinajstić information content (AvgIpc) is 2.73. The number of hydrogen-bond donors (Lipinski definition) is 1. The molecule has 6 heteroatoms. The van der Waals surface area contributed by atoms with Gasteiger partial charge in [-0.05, 0) is 57.0 Å². The van der Waals surface area contributed by atoms with Crippen LogP contribution in [0.25, 0.3) is 0 Å². The SMILES string of the molecule is CC[C@H](C(=O)NC(C)(C)C)N(Cc1ccc(OC)cc1)C(=O)CCSc1ccccc1. The molecule has 0 aromatic heterocycles. The normalized spacial score (nSPS) is 12.2. The Labute approximate surface area is 190 Å². The van der Waals surface area contributed by atoms with Crippen LogP contribution in [0.4, 0.5) is 0 Å². The number of benzene rings is 2. The molecule has 0 unspecified atom stereocenters. The maximum atomic E-state index is 13.2. The van der Waals surface area contributed by atoms with Crippen LogP contribution < -0.4 is 10.1 Å². The first-order valence-electron chi connectivity index (χ1n) is 10.7. The molecule has 0 aliphatic heterocycles. The molecular weight excluding hydrogens is 408 g/mol. The van der Waals surface area contributed by atoms with Crippen molar-refractivity contribution in [2.75, 3.05) is 12.9 Å². The minimum Gasteiger partial charge on any atom is -0.497 e. The van der Waals surface area contributed by atoms with Gasteiger partial charge in [0.1, 0.15) is 11.8 Å². The van der Waals surface area contributed by atoms with Crippen LogP contribution in [0, 0.1) is 0 Å². The maximum absolute atomic E-state index is 13.2.